The normalized spacial score (nSPS) is 18.7. The molecule has 0 spiro atoms. The van der Waals surface area contributed by atoms with Crippen LogP contribution < -0.4 is 5.32 Å². The predicted molar refractivity (Wildman–Crippen MR) is 125 cm³/mol. The second-order valence-corrected chi connectivity index (χ2v) is 8.45. The predicted octanol–water partition coefficient (Wildman–Crippen LogP) is 4.76. The Morgan fingerprint density at radius 2 is 1.97 bits per heavy atom. The molecule has 1 saturated heterocycles. The molecule has 8 heteroatoms. The van der Waals surface area contributed by atoms with Crippen LogP contribution in [-0.4, -0.2) is 37.8 Å². The van der Waals surface area contributed by atoms with E-state index in [4.69, 9.17) is 35.4 Å². The zero-order valence-corrected chi connectivity index (χ0v) is 19.0. The highest BCUT2D eigenvalue weighted by atomic mass is 35.5. The molecule has 5 nitrogen and oxygen atoms in total. The van der Waals surface area contributed by atoms with E-state index in [1.807, 2.05) is 42.2 Å². The lowest BCUT2D eigenvalue weighted by Crippen LogP contribution is -2.32. The van der Waals surface area contributed by atoms with Gasteiger partial charge >= 0.3 is 0 Å². The largest absolute Gasteiger partial charge is 0.395 e. The minimum Gasteiger partial charge on any atom is -0.395 e. The fourth-order valence-electron chi connectivity index (χ4n) is 4.22. The first-order valence-corrected chi connectivity index (χ1v) is 10.8. The molecule has 0 aliphatic carbocycles. The number of hydrogen-bond acceptors (Lipinski definition) is 3. The lowest BCUT2D eigenvalue weighted by atomic mass is 9.97. The summed E-state index contributed by atoms with van der Waals surface area (Å²) in [5.74, 6) is 0. The quantitative estimate of drug-likeness (QED) is 0.537. The number of aromatic nitrogens is 2. The fraction of sp³-hybridized carbons (Fsp3) is 0.273. The van der Waals surface area contributed by atoms with Crippen molar-refractivity contribution in [3.05, 3.63) is 81.4 Å². The van der Waals surface area contributed by atoms with E-state index in [0.717, 1.165) is 28.3 Å². The summed E-state index contributed by atoms with van der Waals surface area (Å²) in [4.78, 5) is 6.58. The van der Waals surface area contributed by atoms with Crippen LogP contribution in [0.1, 0.15) is 34.7 Å². The van der Waals surface area contributed by atoms with Gasteiger partial charge in [0.15, 0.2) is 5.11 Å². The summed E-state index contributed by atoms with van der Waals surface area (Å²) in [6.07, 6.45) is 1.78. The minimum absolute atomic E-state index is 0.00607. The zero-order valence-electron chi connectivity index (χ0n) is 16.6. The van der Waals surface area contributed by atoms with E-state index >= 15 is 0 Å². The van der Waals surface area contributed by atoms with Gasteiger partial charge in [0, 0.05) is 24.1 Å². The van der Waals surface area contributed by atoms with E-state index in [-0.39, 0.29) is 18.7 Å². The number of aliphatic hydroxyl groups excluding tert-OH is 1. The number of nitrogens with one attached hydrogen (secondary N) is 1. The van der Waals surface area contributed by atoms with Crippen molar-refractivity contribution in [3.8, 4) is 5.69 Å². The highest BCUT2D eigenvalue weighted by Crippen LogP contribution is 2.42. The molecular weight excluding hydrogens is 439 g/mol. The van der Waals surface area contributed by atoms with Crippen molar-refractivity contribution in [2.24, 2.45) is 0 Å². The fourth-order valence-corrected chi connectivity index (χ4v) is 4.93. The van der Waals surface area contributed by atoms with E-state index in [0.29, 0.717) is 21.7 Å². The standard InChI is InChI=1S/C22H22Cl2N4OS/c1-13-12-15(14(2)28(13)18-8-5-6-16(23)19(18)24)21-20(17-7-3-4-9-25-17)26-22(30)27(21)10-11-29/h3-9,12,20-21,29H,10-11H2,1-2H3,(H,26,30). The smallest absolute Gasteiger partial charge is 0.170 e. The van der Waals surface area contributed by atoms with E-state index in [1.165, 1.54) is 0 Å². The van der Waals surface area contributed by atoms with Crippen molar-refractivity contribution in [1.29, 1.82) is 0 Å². The minimum atomic E-state index is -0.131. The number of aryl methyl sites for hydroxylation is 1. The van der Waals surface area contributed by atoms with Gasteiger partial charge in [-0.1, -0.05) is 35.3 Å². The van der Waals surface area contributed by atoms with Crippen molar-refractivity contribution < 1.29 is 5.11 Å². The molecule has 1 fully saturated rings. The SMILES string of the molecule is Cc1cc(C2C(c3ccccn3)NC(=S)N2CCO)c(C)n1-c1cccc(Cl)c1Cl. The molecule has 156 valence electrons. The van der Waals surface area contributed by atoms with Crippen LogP contribution in [0.5, 0.6) is 0 Å². The van der Waals surface area contributed by atoms with Crippen molar-refractivity contribution in [2.45, 2.75) is 25.9 Å². The van der Waals surface area contributed by atoms with Gasteiger partial charge in [-0.2, -0.15) is 0 Å². The molecule has 2 unspecified atom stereocenters. The molecule has 0 bridgehead atoms. The van der Waals surface area contributed by atoms with Gasteiger partial charge in [0.25, 0.3) is 0 Å². The van der Waals surface area contributed by atoms with Crippen molar-refractivity contribution in [3.63, 3.8) is 0 Å². The van der Waals surface area contributed by atoms with E-state index in [2.05, 4.69) is 27.9 Å². The number of β-amino-alcohol motifs (C(OH)–C–C–N with tert-alkyl or cyclic N) is 1. The van der Waals surface area contributed by atoms with Crippen molar-refractivity contribution in [2.75, 3.05) is 13.2 Å². The molecule has 2 aromatic heterocycles. The number of aliphatic hydroxyl groups is 1. The zero-order chi connectivity index (χ0) is 21.4. The number of pyridine rings is 1. The summed E-state index contributed by atoms with van der Waals surface area (Å²) in [5, 5.41) is 14.7. The van der Waals surface area contributed by atoms with Crippen LogP contribution in [0.25, 0.3) is 5.69 Å². The Balaban J connectivity index is 1.86. The van der Waals surface area contributed by atoms with E-state index < -0.39 is 0 Å². The summed E-state index contributed by atoms with van der Waals surface area (Å²) >= 11 is 18.4. The average molecular weight is 461 g/mol. The lowest BCUT2D eigenvalue weighted by Gasteiger charge is -2.27. The van der Waals surface area contributed by atoms with Crippen molar-refractivity contribution in [1.82, 2.24) is 19.8 Å². The number of halogens is 2. The van der Waals surface area contributed by atoms with Crippen LogP contribution in [0.15, 0.2) is 48.7 Å². The maximum atomic E-state index is 9.66. The van der Waals surface area contributed by atoms with Crippen LogP contribution in [0.2, 0.25) is 10.0 Å². The van der Waals surface area contributed by atoms with Gasteiger partial charge in [0.2, 0.25) is 0 Å². The molecule has 2 atom stereocenters. The third kappa shape index (κ3) is 3.58. The van der Waals surface area contributed by atoms with Gasteiger partial charge in [-0.15, -0.1) is 0 Å². The Morgan fingerprint density at radius 1 is 1.17 bits per heavy atom. The topological polar surface area (TPSA) is 53.3 Å². The monoisotopic (exact) mass is 460 g/mol. The Labute approximate surface area is 191 Å². The molecule has 0 amide bonds. The molecule has 1 aliphatic heterocycles. The summed E-state index contributed by atoms with van der Waals surface area (Å²) in [6, 6.07) is 13.4. The number of benzene rings is 1. The average Bonchev–Trinajstić information content (AvgIpc) is 3.21. The summed E-state index contributed by atoms with van der Waals surface area (Å²) in [5.41, 5.74) is 4.91. The summed E-state index contributed by atoms with van der Waals surface area (Å²) in [6.45, 7) is 4.54. The van der Waals surface area contributed by atoms with Gasteiger partial charge in [0.05, 0.1) is 40.1 Å². The van der Waals surface area contributed by atoms with Gasteiger partial charge < -0.3 is 19.9 Å². The number of rotatable bonds is 5. The molecule has 4 rings (SSSR count). The third-order valence-corrected chi connectivity index (χ3v) is 6.66. The lowest BCUT2D eigenvalue weighted by molar-refractivity contribution is 0.223. The van der Waals surface area contributed by atoms with Crippen LogP contribution in [0.3, 0.4) is 0 Å². The molecule has 1 aliphatic rings. The maximum absolute atomic E-state index is 9.66. The number of hydrogen-bond donors (Lipinski definition) is 2. The Bertz CT molecular complexity index is 1090. The first-order valence-electron chi connectivity index (χ1n) is 9.66. The first kappa shape index (κ1) is 21.1. The van der Waals surface area contributed by atoms with Crippen LogP contribution >= 0.6 is 35.4 Å². The molecule has 1 aromatic carbocycles. The molecule has 30 heavy (non-hydrogen) atoms. The maximum Gasteiger partial charge on any atom is 0.170 e. The highest BCUT2D eigenvalue weighted by molar-refractivity contribution is 7.80. The summed E-state index contributed by atoms with van der Waals surface area (Å²) < 4.78 is 2.11. The molecule has 3 heterocycles. The Morgan fingerprint density at radius 3 is 2.67 bits per heavy atom. The van der Waals surface area contributed by atoms with Gasteiger partial charge in [-0.3, -0.25) is 4.98 Å². The number of nitrogens with zero attached hydrogens (tertiary/aromatic N) is 3. The second kappa shape index (κ2) is 8.55. The van der Waals surface area contributed by atoms with Crippen LogP contribution in [-0.2, 0) is 0 Å². The summed E-state index contributed by atoms with van der Waals surface area (Å²) in [7, 11) is 0. The van der Waals surface area contributed by atoms with Crippen LogP contribution in [0.4, 0.5) is 0 Å². The second-order valence-electron chi connectivity index (χ2n) is 7.28. The van der Waals surface area contributed by atoms with Gasteiger partial charge in [-0.05, 0) is 62.0 Å². The molecule has 0 radical (unpaired) electrons. The molecule has 2 N–H and O–H groups in total. The Kier molecular flexibility index (Phi) is 6.02. The number of thiocarbonyl (C=S) groups is 1. The van der Waals surface area contributed by atoms with E-state index in [9.17, 15) is 5.11 Å². The highest BCUT2D eigenvalue weighted by Gasteiger charge is 2.41. The molecule has 0 saturated carbocycles. The molecule has 3 aromatic rings. The van der Waals surface area contributed by atoms with Crippen LogP contribution in [0, 0.1) is 13.8 Å². The first-order chi connectivity index (χ1) is 14.4. The van der Waals surface area contributed by atoms with Crippen molar-refractivity contribution >= 4 is 40.5 Å². The van der Waals surface area contributed by atoms with E-state index in [1.54, 1.807) is 12.3 Å². The Hall–Kier alpha value is -2.12. The van der Waals surface area contributed by atoms with Gasteiger partial charge in [0.1, 0.15) is 0 Å². The molecular formula is C22H22Cl2N4OS. The van der Waals surface area contributed by atoms with Gasteiger partial charge in [-0.25, -0.2) is 0 Å². The third-order valence-electron chi connectivity index (χ3n) is 5.50.